The first-order chi connectivity index (χ1) is 8.71. The fourth-order valence-corrected chi connectivity index (χ4v) is 1.33. The normalized spacial score (nSPS) is 9.94. The molecule has 0 aliphatic heterocycles. The van der Waals surface area contributed by atoms with Gasteiger partial charge in [0, 0.05) is 18.2 Å². The van der Waals surface area contributed by atoms with E-state index >= 15 is 0 Å². The molecule has 0 aliphatic rings. The van der Waals surface area contributed by atoms with Crippen LogP contribution in [-0.4, -0.2) is 24.2 Å². The SMILES string of the molecule is COc1cc(OC)cc(Oc2cc(F)ncn2)c1. The van der Waals surface area contributed by atoms with E-state index in [9.17, 15) is 4.39 Å². The summed E-state index contributed by atoms with van der Waals surface area (Å²) in [6.45, 7) is 0. The quantitative estimate of drug-likeness (QED) is 0.780. The smallest absolute Gasteiger partial charge is 0.225 e. The minimum atomic E-state index is -0.658. The molecule has 5 nitrogen and oxygen atoms in total. The molecular formula is C12H11FN2O3. The summed E-state index contributed by atoms with van der Waals surface area (Å²) in [5.41, 5.74) is 0. The van der Waals surface area contributed by atoms with E-state index in [1.165, 1.54) is 14.2 Å². The molecule has 0 aliphatic carbocycles. The van der Waals surface area contributed by atoms with Gasteiger partial charge >= 0.3 is 0 Å². The zero-order valence-corrected chi connectivity index (χ0v) is 9.88. The van der Waals surface area contributed by atoms with Gasteiger partial charge in [-0.05, 0) is 0 Å². The fraction of sp³-hybridized carbons (Fsp3) is 0.167. The van der Waals surface area contributed by atoms with Crippen LogP contribution in [0.25, 0.3) is 0 Å². The molecule has 2 rings (SSSR count). The third-order valence-electron chi connectivity index (χ3n) is 2.16. The number of methoxy groups -OCH3 is 2. The highest BCUT2D eigenvalue weighted by Gasteiger charge is 2.05. The molecule has 1 aromatic heterocycles. The number of nitrogens with zero attached hydrogens (tertiary/aromatic N) is 2. The molecule has 1 heterocycles. The molecule has 0 spiro atoms. The summed E-state index contributed by atoms with van der Waals surface area (Å²) >= 11 is 0. The summed E-state index contributed by atoms with van der Waals surface area (Å²) < 4.78 is 28.5. The Kier molecular flexibility index (Phi) is 3.57. The third kappa shape index (κ3) is 2.85. The lowest BCUT2D eigenvalue weighted by molar-refractivity contribution is 0.384. The van der Waals surface area contributed by atoms with Crippen molar-refractivity contribution in [1.29, 1.82) is 0 Å². The van der Waals surface area contributed by atoms with Gasteiger partial charge in [-0.15, -0.1) is 0 Å². The van der Waals surface area contributed by atoms with Crippen LogP contribution in [0.4, 0.5) is 4.39 Å². The number of ether oxygens (including phenoxy) is 3. The Morgan fingerprint density at radius 3 is 2.06 bits per heavy atom. The lowest BCUT2D eigenvalue weighted by Gasteiger charge is -2.09. The van der Waals surface area contributed by atoms with Crippen LogP contribution in [0, 0.1) is 5.95 Å². The highest BCUT2D eigenvalue weighted by molar-refractivity contribution is 5.43. The summed E-state index contributed by atoms with van der Waals surface area (Å²) in [5, 5.41) is 0. The van der Waals surface area contributed by atoms with Gasteiger partial charge in [-0.2, -0.15) is 4.39 Å². The van der Waals surface area contributed by atoms with Crippen molar-refractivity contribution >= 4 is 0 Å². The Hall–Kier alpha value is -2.37. The molecule has 94 valence electrons. The lowest BCUT2D eigenvalue weighted by Crippen LogP contribution is -1.93. The van der Waals surface area contributed by atoms with Crippen molar-refractivity contribution in [1.82, 2.24) is 9.97 Å². The van der Waals surface area contributed by atoms with Crippen molar-refractivity contribution in [3.05, 3.63) is 36.5 Å². The van der Waals surface area contributed by atoms with E-state index in [2.05, 4.69) is 9.97 Å². The van der Waals surface area contributed by atoms with Crippen LogP contribution in [0.1, 0.15) is 0 Å². The molecule has 0 bridgehead atoms. The van der Waals surface area contributed by atoms with Crippen LogP contribution in [-0.2, 0) is 0 Å². The first kappa shape index (κ1) is 12.1. The Balaban J connectivity index is 2.28. The molecule has 0 saturated heterocycles. The van der Waals surface area contributed by atoms with Gasteiger partial charge in [-0.1, -0.05) is 0 Å². The van der Waals surface area contributed by atoms with E-state index in [1.54, 1.807) is 18.2 Å². The zero-order valence-electron chi connectivity index (χ0n) is 9.88. The standard InChI is InChI=1S/C12H11FN2O3/c1-16-8-3-9(17-2)5-10(4-8)18-12-6-11(13)14-7-15-12/h3-7H,1-2H3. The Morgan fingerprint density at radius 1 is 0.889 bits per heavy atom. The number of aromatic nitrogens is 2. The van der Waals surface area contributed by atoms with E-state index in [0.29, 0.717) is 17.2 Å². The average Bonchev–Trinajstić information content (AvgIpc) is 2.38. The molecular weight excluding hydrogens is 239 g/mol. The molecule has 2 aromatic rings. The average molecular weight is 250 g/mol. The van der Waals surface area contributed by atoms with Crippen LogP contribution < -0.4 is 14.2 Å². The first-order valence-electron chi connectivity index (χ1n) is 5.09. The number of hydrogen-bond donors (Lipinski definition) is 0. The number of rotatable bonds is 4. The molecule has 0 radical (unpaired) electrons. The lowest BCUT2D eigenvalue weighted by atomic mass is 10.3. The summed E-state index contributed by atoms with van der Waals surface area (Å²) in [5.74, 6) is 1.02. The number of benzene rings is 1. The van der Waals surface area contributed by atoms with Crippen molar-refractivity contribution in [3.63, 3.8) is 0 Å². The molecule has 6 heteroatoms. The largest absolute Gasteiger partial charge is 0.496 e. The van der Waals surface area contributed by atoms with E-state index in [4.69, 9.17) is 14.2 Å². The second-order valence-corrected chi connectivity index (χ2v) is 3.33. The predicted molar refractivity (Wildman–Crippen MR) is 61.6 cm³/mol. The third-order valence-corrected chi connectivity index (χ3v) is 2.16. The highest BCUT2D eigenvalue weighted by atomic mass is 19.1. The van der Waals surface area contributed by atoms with Gasteiger partial charge in [-0.3, -0.25) is 0 Å². The minimum Gasteiger partial charge on any atom is -0.496 e. The van der Waals surface area contributed by atoms with E-state index < -0.39 is 5.95 Å². The zero-order chi connectivity index (χ0) is 13.0. The summed E-state index contributed by atoms with van der Waals surface area (Å²) in [6, 6.07) is 6.07. The topological polar surface area (TPSA) is 53.5 Å². The van der Waals surface area contributed by atoms with Crippen LogP contribution in [0.3, 0.4) is 0 Å². The van der Waals surface area contributed by atoms with Crippen molar-refractivity contribution in [3.8, 4) is 23.1 Å². The second-order valence-electron chi connectivity index (χ2n) is 3.33. The van der Waals surface area contributed by atoms with Crippen molar-refractivity contribution in [2.75, 3.05) is 14.2 Å². The van der Waals surface area contributed by atoms with Crippen molar-refractivity contribution < 1.29 is 18.6 Å². The van der Waals surface area contributed by atoms with Gasteiger partial charge in [0.15, 0.2) is 0 Å². The predicted octanol–water partition coefficient (Wildman–Crippen LogP) is 2.43. The summed E-state index contributed by atoms with van der Waals surface area (Å²) in [4.78, 5) is 7.13. The van der Waals surface area contributed by atoms with Gasteiger partial charge in [0.1, 0.15) is 23.6 Å². The maximum absolute atomic E-state index is 12.9. The molecule has 0 fully saturated rings. The van der Waals surface area contributed by atoms with Crippen molar-refractivity contribution in [2.24, 2.45) is 0 Å². The van der Waals surface area contributed by atoms with Crippen LogP contribution >= 0.6 is 0 Å². The molecule has 18 heavy (non-hydrogen) atoms. The Morgan fingerprint density at radius 2 is 1.50 bits per heavy atom. The number of halogens is 1. The van der Waals surface area contributed by atoms with E-state index in [0.717, 1.165) is 12.4 Å². The molecule has 0 unspecified atom stereocenters. The Labute approximate surface area is 103 Å². The molecule has 1 aromatic carbocycles. The van der Waals surface area contributed by atoms with Crippen LogP contribution in [0.2, 0.25) is 0 Å². The number of hydrogen-bond acceptors (Lipinski definition) is 5. The molecule has 0 amide bonds. The van der Waals surface area contributed by atoms with Crippen LogP contribution in [0.5, 0.6) is 23.1 Å². The molecule has 0 N–H and O–H groups in total. The van der Waals surface area contributed by atoms with Gasteiger partial charge in [0.05, 0.1) is 20.3 Å². The second kappa shape index (κ2) is 5.31. The van der Waals surface area contributed by atoms with Crippen molar-refractivity contribution in [2.45, 2.75) is 0 Å². The van der Waals surface area contributed by atoms with Gasteiger partial charge in [-0.25, -0.2) is 9.97 Å². The fourth-order valence-electron chi connectivity index (χ4n) is 1.33. The Bertz CT molecular complexity index is 526. The summed E-state index contributed by atoms with van der Waals surface area (Å²) in [7, 11) is 3.06. The molecule has 0 saturated carbocycles. The maximum Gasteiger partial charge on any atom is 0.225 e. The van der Waals surface area contributed by atoms with E-state index in [1.807, 2.05) is 0 Å². The monoisotopic (exact) mass is 250 g/mol. The van der Waals surface area contributed by atoms with E-state index in [-0.39, 0.29) is 5.88 Å². The minimum absolute atomic E-state index is 0.109. The summed E-state index contributed by atoms with van der Waals surface area (Å²) in [6.07, 6.45) is 1.09. The maximum atomic E-state index is 12.9. The first-order valence-corrected chi connectivity index (χ1v) is 5.09. The molecule has 0 atom stereocenters. The van der Waals surface area contributed by atoms with Gasteiger partial charge < -0.3 is 14.2 Å². The van der Waals surface area contributed by atoms with Gasteiger partial charge in [0.25, 0.3) is 0 Å². The van der Waals surface area contributed by atoms with Crippen LogP contribution in [0.15, 0.2) is 30.6 Å². The highest BCUT2D eigenvalue weighted by Crippen LogP contribution is 2.29. The van der Waals surface area contributed by atoms with Gasteiger partial charge in [0.2, 0.25) is 11.8 Å².